The van der Waals surface area contributed by atoms with Gasteiger partial charge in [-0.2, -0.15) is 5.26 Å². The Morgan fingerprint density at radius 2 is 2.14 bits per heavy atom. The van der Waals surface area contributed by atoms with Crippen LogP contribution in [0.3, 0.4) is 0 Å². The van der Waals surface area contributed by atoms with E-state index in [1.54, 1.807) is 30.3 Å². The normalized spacial score (nSPS) is 10.7. The van der Waals surface area contributed by atoms with Gasteiger partial charge in [0, 0.05) is 4.47 Å². The second-order valence-electron chi connectivity index (χ2n) is 2.48. The SMILES string of the molecule is N#C/C(=C\c1ccccc1Br)C(=O)[O-]. The van der Waals surface area contributed by atoms with Crippen LogP contribution in [0.2, 0.25) is 0 Å². The van der Waals surface area contributed by atoms with Gasteiger partial charge in [0.2, 0.25) is 0 Å². The molecule has 0 fully saturated rings. The Kier molecular flexibility index (Phi) is 3.43. The van der Waals surface area contributed by atoms with Crippen molar-refractivity contribution in [1.82, 2.24) is 0 Å². The molecular weight excluding hydrogens is 246 g/mol. The maximum absolute atomic E-state index is 10.4. The van der Waals surface area contributed by atoms with Crippen molar-refractivity contribution in [2.24, 2.45) is 0 Å². The van der Waals surface area contributed by atoms with Gasteiger partial charge < -0.3 is 9.90 Å². The van der Waals surface area contributed by atoms with E-state index in [0.29, 0.717) is 5.56 Å². The maximum atomic E-state index is 10.4. The van der Waals surface area contributed by atoms with E-state index < -0.39 is 11.5 Å². The topological polar surface area (TPSA) is 63.9 Å². The van der Waals surface area contributed by atoms with Gasteiger partial charge in [-0.05, 0) is 17.7 Å². The summed E-state index contributed by atoms with van der Waals surface area (Å²) in [6, 6.07) is 8.56. The summed E-state index contributed by atoms with van der Waals surface area (Å²) in [6.07, 6.45) is 1.26. The summed E-state index contributed by atoms with van der Waals surface area (Å²) >= 11 is 3.24. The Bertz CT molecular complexity index is 432. The van der Waals surface area contributed by atoms with Crippen LogP contribution in [-0.2, 0) is 4.79 Å². The third-order valence-corrected chi connectivity index (χ3v) is 2.27. The van der Waals surface area contributed by atoms with Crippen LogP contribution < -0.4 is 5.11 Å². The number of nitrogens with zero attached hydrogens (tertiary/aromatic N) is 1. The maximum Gasteiger partial charge on any atom is 0.101 e. The van der Waals surface area contributed by atoms with E-state index in [-0.39, 0.29) is 0 Å². The molecule has 0 aromatic heterocycles. The van der Waals surface area contributed by atoms with Gasteiger partial charge in [-0.1, -0.05) is 34.1 Å². The van der Waals surface area contributed by atoms with Gasteiger partial charge in [0.1, 0.15) is 6.07 Å². The molecule has 0 N–H and O–H groups in total. The minimum absolute atomic E-state index is 0.392. The van der Waals surface area contributed by atoms with E-state index in [4.69, 9.17) is 5.26 Å². The molecule has 0 aliphatic heterocycles. The first-order chi connectivity index (χ1) is 6.65. The smallest absolute Gasteiger partial charge is 0.101 e. The monoisotopic (exact) mass is 250 g/mol. The summed E-state index contributed by atoms with van der Waals surface area (Å²) in [4.78, 5) is 10.4. The lowest BCUT2D eigenvalue weighted by atomic mass is 10.1. The number of carbonyl (C=O) groups excluding carboxylic acids is 1. The molecule has 0 radical (unpaired) electrons. The number of carboxylic acids is 1. The molecule has 1 aromatic carbocycles. The highest BCUT2D eigenvalue weighted by Crippen LogP contribution is 2.18. The third kappa shape index (κ3) is 2.44. The summed E-state index contributed by atoms with van der Waals surface area (Å²) in [7, 11) is 0. The van der Waals surface area contributed by atoms with Crippen LogP contribution in [0.1, 0.15) is 5.56 Å². The average Bonchev–Trinajstić information content (AvgIpc) is 2.16. The van der Waals surface area contributed by atoms with Crippen molar-refractivity contribution in [2.75, 3.05) is 0 Å². The van der Waals surface area contributed by atoms with Crippen molar-refractivity contribution in [3.8, 4) is 6.07 Å². The number of benzene rings is 1. The lowest BCUT2D eigenvalue weighted by Gasteiger charge is -2.00. The van der Waals surface area contributed by atoms with Crippen molar-refractivity contribution in [3.63, 3.8) is 0 Å². The van der Waals surface area contributed by atoms with Gasteiger partial charge in [-0.3, -0.25) is 0 Å². The number of rotatable bonds is 2. The van der Waals surface area contributed by atoms with Crippen LogP contribution >= 0.6 is 15.9 Å². The van der Waals surface area contributed by atoms with E-state index in [2.05, 4.69) is 15.9 Å². The number of hydrogen-bond acceptors (Lipinski definition) is 3. The third-order valence-electron chi connectivity index (χ3n) is 1.55. The molecule has 0 amide bonds. The van der Waals surface area contributed by atoms with E-state index in [1.165, 1.54) is 6.08 Å². The van der Waals surface area contributed by atoms with Crippen LogP contribution in [-0.4, -0.2) is 5.97 Å². The molecule has 0 saturated carbocycles. The van der Waals surface area contributed by atoms with Crippen molar-refractivity contribution < 1.29 is 9.90 Å². The van der Waals surface area contributed by atoms with E-state index in [1.807, 2.05) is 0 Å². The molecule has 0 aliphatic carbocycles. The van der Waals surface area contributed by atoms with Crippen molar-refractivity contribution in [1.29, 1.82) is 5.26 Å². The number of carboxylic acid groups (broad SMARTS) is 1. The van der Waals surface area contributed by atoms with Gasteiger partial charge in [-0.15, -0.1) is 0 Å². The molecule has 1 aromatic rings. The van der Waals surface area contributed by atoms with Crippen molar-refractivity contribution in [3.05, 3.63) is 39.9 Å². The number of carbonyl (C=O) groups is 1. The molecule has 0 heterocycles. The molecule has 0 atom stereocenters. The van der Waals surface area contributed by atoms with Gasteiger partial charge in [-0.25, -0.2) is 0 Å². The summed E-state index contributed by atoms with van der Waals surface area (Å²) in [6.45, 7) is 0. The summed E-state index contributed by atoms with van der Waals surface area (Å²) < 4.78 is 0.731. The summed E-state index contributed by atoms with van der Waals surface area (Å²) in [5.74, 6) is -1.47. The Morgan fingerprint density at radius 1 is 1.50 bits per heavy atom. The van der Waals surface area contributed by atoms with Crippen LogP contribution in [0.5, 0.6) is 0 Å². The fraction of sp³-hybridized carbons (Fsp3) is 0. The van der Waals surface area contributed by atoms with Gasteiger partial charge >= 0.3 is 0 Å². The molecule has 0 spiro atoms. The predicted octanol–water partition coefficient (Wildman–Crippen LogP) is 1.11. The first-order valence-electron chi connectivity index (χ1n) is 3.73. The molecule has 14 heavy (non-hydrogen) atoms. The highest BCUT2D eigenvalue weighted by molar-refractivity contribution is 9.10. The lowest BCUT2D eigenvalue weighted by Crippen LogP contribution is -2.23. The van der Waals surface area contributed by atoms with Gasteiger partial charge in [0.15, 0.2) is 0 Å². The number of aliphatic carboxylic acids is 1. The zero-order valence-corrected chi connectivity index (χ0v) is 8.61. The molecule has 1 rings (SSSR count). The molecule has 0 aliphatic rings. The minimum atomic E-state index is -1.47. The molecular formula is C10H5BrNO2-. The number of halogens is 1. The molecule has 3 nitrogen and oxygen atoms in total. The fourth-order valence-electron chi connectivity index (χ4n) is 0.884. The number of hydrogen-bond donors (Lipinski definition) is 0. The first-order valence-corrected chi connectivity index (χ1v) is 4.52. The highest BCUT2D eigenvalue weighted by atomic mass is 79.9. The molecule has 0 saturated heterocycles. The van der Waals surface area contributed by atoms with Crippen LogP contribution in [0, 0.1) is 11.3 Å². The average molecular weight is 251 g/mol. The Hall–Kier alpha value is -1.60. The van der Waals surface area contributed by atoms with Crippen LogP contribution in [0.15, 0.2) is 34.3 Å². The Balaban J connectivity index is 3.15. The van der Waals surface area contributed by atoms with E-state index >= 15 is 0 Å². The van der Waals surface area contributed by atoms with Gasteiger partial charge in [0.05, 0.1) is 11.5 Å². The van der Waals surface area contributed by atoms with Crippen LogP contribution in [0.4, 0.5) is 0 Å². The minimum Gasteiger partial charge on any atom is -0.544 e. The molecule has 0 bridgehead atoms. The standard InChI is InChI=1S/C10H6BrNO2/c11-9-4-2-1-3-7(9)5-8(6-12)10(13)14/h1-5H,(H,13,14)/p-1/b8-5+. The summed E-state index contributed by atoms with van der Waals surface area (Å²) in [5, 5.41) is 18.9. The zero-order chi connectivity index (χ0) is 10.6. The lowest BCUT2D eigenvalue weighted by molar-refractivity contribution is -0.298. The van der Waals surface area contributed by atoms with Crippen LogP contribution in [0.25, 0.3) is 6.08 Å². The van der Waals surface area contributed by atoms with Gasteiger partial charge in [0.25, 0.3) is 0 Å². The van der Waals surface area contributed by atoms with E-state index in [0.717, 1.165) is 4.47 Å². The quantitative estimate of drug-likeness (QED) is 0.584. The van der Waals surface area contributed by atoms with Crippen molar-refractivity contribution >= 4 is 28.0 Å². The first kappa shape index (κ1) is 10.5. The second kappa shape index (κ2) is 4.58. The highest BCUT2D eigenvalue weighted by Gasteiger charge is 1.99. The predicted molar refractivity (Wildman–Crippen MR) is 52.7 cm³/mol. The van der Waals surface area contributed by atoms with Crippen molar-refractivity contribution in [2.45, 2.75) is 0 Å². The fourth-order valence-corrected chi connectivity index (χ4v) is 1.28. The number of nitriles is 1. The molecule has 4 heteroatoms. The Morgan fingerprint density at radius 3 is 2.64 bits per heavy atom. The summed E-state index contributed by atoms with van der Waals surface area (Å²) in [5.41, 5.74) is 0.241. The zero-order valence-electron chi connectivity index (χ0n) is 7.03. The second-order valence-corrected chi connectivity index (χ2v) is 3.33. The molecule has 70 valence electrons. The Labute approximate surface area is 89.4 Å². The van der Waals surface area contributed by atoms with E-state index in [9.17, 15) is 9.90 Å². The molecule has 0 unspecified atom stereocenters. The largest absolute Gasteiger partial charge is 0.544 e.